The van der Waals surface area contributed by atoms with Crippen molar-refractivity contribution in [3.8, 4) is 11.5 Å². The number of nitrogens with zero attached hydrogens (tertiary/aromatic N) is 1. The SMILES string of the molecule is COc1cc(F)cc(OC)c1C(=O)C[C@@H]1C(=O)N2[C@@H]1SC(C)(C)[C@@H]2C(=O)O. The minimum Gasteiger partial charge on any atom is -0.496 e. The number of hydrogen-bond acceptors (Lipinski definition) is 6. The average molecular weight is 397 g/mol. The Morgan fingerprint density at radius 3 is 2.30 bits per heavy atom. The van der Waals surface area contributed by atoms with Gasteiger partial charge in [0, 0.05) is 23.3 Å². The van der Waals surface area contributed by atoms with Gasteiger partial charge in [-0.3, -0.25) is 9.59 Å². The summed E-state index contributed by atoms with van der Waals surface area (Å²) in [5, 5.41) is 9.08. The van der Waals surface area contributed by atoms with Crippen LogP contribution >= 0.6 is 11.8 Å². The summed E-state index contributed by atoms with van der Waals surface area (Å²) in [5.74, 6) is -3.02. The highest BCUT2D eigenvalue weighted by Crippen LogP contribution is 2.54. The third kappa shape index (κ3) is 3.03. The molecule has 27 heavy (non-hydrogen) atoms. The average Bonchev–Trinajstić information content (AvgIpc) is 2.86. The van der Waals surface area contributed by atoms with Crippen molar-refractivity contribution < 1.29 is 33.4 Å². The van der Waals surface area contributed by atoms with Gasteiger partial charge in [0.1, 0.15) is 28.9 Å². The summed E-state index contributed by atoms with van der Waals surface area (Å²) in [4.78, 5) is 38.3. The van der Waals surface area contributed by atoms with E-state index in [0.29, 0.717) is 0 Å². The van der Waals surface area contributed by atoms with E-state index in [2.05, 4.69) is 0 Å². The maximum absolute atomic E-state index is 13.6. The first-order valence-electron chi connectivity index (χ1n) is 8.30. The van der Waals surface area contributed by atoms with E-state index < -0.39 is 34.3 Å². The standard InChI is InChI=1S/C18H20FNO6S/c1-18(2)14(17(23)24)20-15(22)9(16(20)27-18)7-10(21)13-11(25-3)5-8(19)6-12(13)26-4/h5-6,9,14,16H,7H2,1-4H3,(H,23,24)/t9-,14+,16-/m1/s1. The number of thioether (sulfide) groups is 1. The van der Waals surface area contributed by atoms with Crippen molar-refractivity contribution in [1.82, 2.24) is 4.90 Å². The number of Topliss-reactive ketones (excluding diaryl/α,β-unsaturated/α-hetero) is 1. The van der Waals surface area contributed by atoms with E-state index in [4.69, 9.17) is 9.47 Å². The van der Waals surface area contributed by atoms with Gasteiger partial charge in [0.2, 0.25) is 5.91 Å². The molecule has 0 saturated carbocycles. The van der Waals surface area contributed by atoms with Crippen LogP contribution < -0.4 is 9.47 Å². The number of β-lactam (4-membered cyclic amide) rings is 1. The molecule has 2 aliphatic heterocycles. The number of hydrogen-bond donors (Lipinski definition) is 1. The number of halogens is 1. The molecule has 3 atom stereocenters. The van der Waals surface area contributed by atoms with Crippen molar-refractivity contribution in [2.45, 2.75) is 36.4 Å². The van der Waals surface area contributed by atoms with Gasteiger partial charge in [-0.2, -0.15) is 0 Å². The fraction of sp³-hybridized carbons (Fsp3) is 0.500. The number of ketones is 1. The van der Waals surface area contributed by atoms with E-state index in [1.54, 1.807) is 13.8 Å². The van der Waals surface area contributed by atoms with Crippen molar-refractivity contribution in [1.29, 1.82) is 0 Å². The highest BCUT2D eigenvalue weighted by Gasteiger charge is 2.63. The minimum atomic E-state index is -1.06. The number of amides is 1. The monoisotopic (exact) mass is 397 g/mol. The fourth-order valence-corrected chi connectivity index (χ4v) is 5.42. The molecule has 1 N–H and O–H groups in total. The second-order valence-corrected chi connectivity index (χ2v) is 8.79. The van der Waals surface area contributed by atoms with Gasteiger partial charge in [0.15, 0.2) is 5.78 Å². The van der Waals surface area contributed by atoms with Crippen LogP contribution in [0.1, 0.15) is 30.6 Å². The van der Waals surface area contributed by atoms with Crippen LogP contribution in [-0.4, -0.2) is 58.0 Å². The third-order valence-corrected chi connectivity index (χ3v) is 6.57. The Hall–Kier alpha value is -2.29. The number of methoxy groups -OCH3 is 2. The summed E-state index contributed by atoms with van der Waals surface area (Å²) in [6, 6.07) is 1.23. The smallest absolute Gasteiger partial charge is 0.327 e. The molecule has 1 aromatic carbocycles. The zero-order chi connectivity index (χ0) is 20.1. The van der Waals surface area contributed by atoms with Crippen LogP contribution in [0.3, 0.4) is 0 Å². The molecule has 2 fully saturated rings. The van der Waals surface area contributed by atoms with Crippen LogP contribution in [0.4, 0.5) is 4.39 Å². The van der Waals surface area contributed by atoms with Gasteiger partial charge < -0.3 is 19.5 Å². The highest BCUT2D eigenvalue weighted by atomic mass is 32.2. The number of carboxylic acid groups (broad SMARTS) is 1. The van der Waals surface area contributed by atoms with E-state index in [1.165, 1.54) is 30.9 Å². The summed E-state index contributed by atoms with van der Waals surface area (Å²) in [5.41, 5.74) is 0.0738. The molecule has 3 rings (SSSR count). The molecule has 1 amide bonds. The number of benzene rings is 1. The number of ether oxygens (including phenoxy) is 2. The number of carbonyl (C=O) groups excluding carboxylic acids is 2. The Bertz CT molecular complexity index is 801. The van der Waals surface area contributed by atoms with E-state index in [-0.39, 0.29) is 34.8 Å². The molecule has 9 heteroatoms. The van der Waals surface area contributed by atoms with Gasteiger partial charge in [-0.05, 0) is 13.8 Å². The van der Waals surface area contributed by atoms with Crippen LogP contribution in [0.5, 0.6) is 11.5 Å². The molecule has 0 spiro atoms. The molecule has 0 unspecified atom stereocenters. The first-order valence-corrected chi connectivity index (χ1v) is 9.18. The van der Waals surface area contributed by atoms with E-state index in [1.807, 2.05) is 0 Å². The topological polar surface area (TPSA) is 93.1 Å². The largest absolute Gasteiger partial charge is 0.496 e. The number of carbonyl (C=O) groups is 3. The van der Waals surface area contributed by atoms with Crippen molar-refractivity contribution in [2.75, 3.05) is 14.2 Å². The normalized spacial score (nSPS) is 25.6. The zero-order valence-electron chi connectivity index (χ0n) is 15.3. The quantitative estimate of drug-likeness (QED) is 0.581. The van der Waals surface area contributed by atoms with Crippen LogP contribution in [0.2, 0.25) is 0 Å². The first-order chi connectivity index (χ1) is 12.6. The third-order valence-electron chi connectivity index (χ3n) is 4.94. The van der Waals surface area contributed by atoms with Crippen LogP contribution in [0.15, 0.2) is 12.1 Å². The summed E-state index contributed by atoms with van der Waals surface area (Å²) in [7, 11) is 2.63. The second-order valence-electron chi connectivity index (χ2n) is 7.02. The minimum absolute atomic E-state index is 0.0308. The maximum Gasteiger partial charge on any atom is 0.327 e. The van der Waals surface area contributed by atoms with E-state index in [0.717, 1.165) is 12.1 Å². The molecule has 7 nitrogen and oxygen atoms in total. The number of carboxylic acids is 1. The summed E-state index contributed by atoms with van der Waals surface area (Å²) < 4.78 is 23.2. The molecular formula is C18H20FNO6S. The molecule has 2 heterocycles. The van der Waals surface area contributed by atoms with Gasteiger partial charge >= 0.3 is 5.97 Å². The Balaban J connectivity index is 1.85. The Morgan fingerprint density at radius 2 is 1.81 bits per heavy atom. The van der Waals surface area contributed by atoms with Gasteiger partial charge in [-0.25, -0.2) is 9.18 Å². The first kappa shape index (κ1) is 19.5. The van der Waals surface area contributed by atoms with Crippen molar-refractivity contribution in [3.63, 3.8) is 0 Å². The van der Waals surface area contributed by atoms with Crippen molar-refractivity contribution in [2.24, 2.45) is 5.92 Å². The number of rotatable bonds is 6. The van der Waals surface area contributed by atoms with Crippen molar-refractivity contribution in [3.05, 3.63) is 23.5 Å². The number of fused-ring (bicyclic) bond motifs is 1. The molecular weight excluding hydrogens is 377 g/mol. The molecule has 0 aliphatic carbocycles. The zero-order valence-corrected chi connectivity index (χ0v) is 16.1. The van der Waals surface area contributed by atoms with Gasteiger partial charge in [-0.1, -0.05) is 0 Å². The molecule has 2 saturated heterocycles. The number of aliphatic carboxylic acids is 1. The second kappa shape index (κ2) is 6.70. The lowest BCUT2D eigenvalue weighted by molar-refractivity contribution is -0.163. The molecule has 2 aliphatic rings. The Labute approximate surface area is 159 Å². The predicted octanol–water partition coefficient (Wildman–Crippen LogP) is 2.18. The summed E-state index contributed by atoms with van der Waals surface area (Å²) in [6.45, 7) is 3.54. The van der Waals surface area contributed by atoms with Crippen LogP contribution in [-0.2, 0) is 9.59 Å². The predicted molar refractivity (Wildman–Crippen MR) is 95.7 cm³/mol. The fourth-order valence-electron chi connectivity index (χ4n) is 3.74. The molecule has 1 aromatic rings. The lowest BCUT2D eigenvalue weighted by atomic mass is 9.86. The van der Waals surface area contributed by atoms with E-state index in [9.17, 15) is 23.9 Å². The van der Waals surface area contributed by atoms with Gasteiger partial charge in [-0.15, -0.1) is 11.8 Å². The van der Waals surface area contributed by atoms with Gasteiger partial charge in [0.05, 0.1) is 25.5 Å². The highest BCUT2D eigenvalue weighted by molar-refractivity contribution is 8.01. The van der Waals surface area contributed by atoms with Crippen molar-refractivity contribution >= 4 is 29.4 Å². The lowest BCUT2D eigenvalue weighted by Crippen LogP contribution is -2.62. The Kier molecular flexibility index (Phi) is 4.83. The summed E-state index contributed by atoms with van der Waals surface area (Å²) >= 11 is 1.37. The van der Waals surface area contributed by atoms with Crippen LogP contribution in [0, 0.1) is 11.7 Å². The van der Waals surface area contributed by atoms with E-state index >= 15 is 0 Å². The van der Waals surface area contributed by atoms with Crippen LogP contribution in [0.25, 0.3) is 0 Å². The molecule has 146 valence electrons. The molecule has 0 radical (unpaired) electrons. The molecule has 0 aromatic heterocycles. The maximum atomic E-state index is 13.6. The lowest BCUT2D eigenvalue weighted by Gasteiger charge is -2.43. The molecule has 0 bridgehead atoms. The Morgan fingerprint density at radius 1 is 1.26 bits per heavy atom. The van der Waals surface area contributed by atoms with Gasteiger partial charge in [0.25, 0.3) is 0 Å². The summed E-state index contributed by atoms with van der Waals surface area (Å²) in [6.07, 6.45) is -0.131.